The van der Waals surface area contributed by atoms with Gasteiger partial charge in [0.15, 0.2) is 0 Å². The molecule has 0 atom stereocenters. The molecule has 1 N–H and O–H groups in total. The fraction of sp³-hybridized carbons (Fsp3) is 0. The van der Waals surface area contributed by atoms with E-state index in [1.807, 2.05) is 0 Å². The number of halogens is 1. The van der Waals surface area contributed by atoms with Crippen LogP contribution in [0.2, 0.25) is 0 Å². The Morgan fingerprint density at radius 3 is 2.35 bits per heavy atom. The number of carbonyl (C=O) groups excluding carboxylic acids is 1. The Morgan fingerprint density at radius 2 is 1.71 bits per heavy atom. The number of para-hydroxylation sites is 1. The van der Waals surface area contributed by atoms with Crippen LogP contribution in [-0.4, -0.2) is 5.91 Å². The number of benzene rings is 2. The van der Waals surface area contributed by atoms with Crippen molar-refractivity contribution >= 4 is 11.6 Å². The van der Waals surface area contributed by atoms with Gasteiger partial charge in [-0.25, -0.2) is 4.39 Å². The highest BCUT2D eigenvalue weighted by Crippen LogP contribution is 2.14. The fourth-order valence-electron chi connectivity index (χ4n) is 1.41. The van der Waals surface area contributed by atoms with E-state index in [0.29, 0.717) is 5.56 Å². The second-order valence-electron chi connectivity index (χ2n) is 3.63. The van der Waals surface area contributed by atoms with E-state index in [9.17, 15) is 9.18 Å². The molecule has 0 aromatic heterocycles. The van der Waals surface area contributed by atoms with Crippen molar-refractivity contribution in [2.75, 3.05) is 5.32 Å². The van der Waals surface area contributed by atoms with Gasteiger partial charge in [-0.3, -0.25) is 4.79 Å². The van der Waals surface area contributed by atoms with Crippen molar-refractivity contribution in [1.29, 1.82) is 0 Å². The molecular weight excluding hydrogens is 217 g/mol. The van der Waals surface area contributed by atoms with Crippen molar-refractivity contribution in [3.05, 3.63) is 72.4 Å². The first-order chi connectivity index (χ1) is 8.16. The van der Waals surface area contributed by atoms with Crippen LogP contribution in [0.1, 0.15) is 15.9 Å². The SMILES string of the molecule is [CH2]c1ccc(C(=O)Nc2ccccc2F)cc1. The number of nitrogens with one attached hydrogen (secondary N) is 1. The van der Waals surface area contributed by atoms with Crippen LogP contribution < -0.4 is 5.32 Å². The first-order valence-corrected chi connectivity index (χ1v) is 5.15. The summed E-state index contributed by atoms with van der Waals surface area (Å²) in [4.78, 5) is 11.8. The minimum Gasteiger partial charge on any atom is -0.319 e. The van der Waals surface area contributed by atoms with Crippen LogP contribution in [0.3, 0.4) is 0 Å². The maximum Gasteiger partial charge on any atom is 0.255 e. The Hall–Kier alpha value is -2.16. The maximum absolute atomic E-state index is 13.3. The van der Waals surface area contributed by atoms with E-state index in [1.165, 1.54) is 12.1 Å². The van der Waals surface area contributed by atoms with Crippen LogP contribution >= 0.6 is 0 Å². The molecule has 17 heavy (non-hydrogen) atoms. The molecule has 0 fully saturated rings. The molecule has 2 rings (SSSR count). The third kappa shape index (κ3) is 2.69. The average molecular weight is 228 g/mol. The lowest BCUT2D eigenvalue weighted by molar-refractivity contribution is 0.102. The number of hydrogen-bond acceptors (Lipinski definition) is 1. The number of hydrogen-bond donors (Lipinski definition) is 1. The molecule has 3 heteroatoms. The summed E-state index contributed by atoms with van der Waals surface area (Å²) < 4.78 is 13.3. The van der Waals surface area contributed by atoms with Crippen molar-refractivity contribution in [3.8, 4) is 0 Å². The molecule has 0 saturated heterocycles. The van der Waals surface area contributed by atoms with Gasteiger partial charge in [-0.2, -0.15) is 0 Å². The molecule has 0 spiro atoms. The van der Waals surface area contributed by atoms with Gasteiger partial charge < -0.3 is 5.32 Å². The highest BCUT2D eigenvalue weighted by atomic mass is 19.1. The van der Waals surface area contributed by atoms with Crippen LogP contribution in [0.5, 0.6) is 0 Å². The minimum atomic E-state index is -0.449. The molecule has 0 aliphatic heterocycles. The molecule has 2 aromatic carbocycles. The Labute approximate surface area is 99.1 Å². The zero-order valence-corrected chi connectivity index (χ0v) is 9.11. The van der Waals surface area contributed by atoms with Crippen molar-refractivity contribution < 1.29 is 9.18 Å². The third-order valence-corrected chi connectivity index (χ3v) is 2.34. The monoisotopic (exact) mass is 228 g/mol. The van der Waals surface area contributed by atoms with Gasteiger partial charge in [0.1, 0.15) is 5.82 Å². The summed E-state index contributed by atoms with van der Waals surface area (Å²) in [6.45, 7) is 3.73. The van der Waals surface area contributed by atoms with Gasteiger partial charge in [0.25, 0.3) is 5.91 Å². The molecule has 1 radical (unpaired) electrons. The molecule has 0 bridgehead atoms. The fourth-order valence-corrected chi connectivity index (χ4v) is 1.41. The summed E-state index contributed by atoms with van der Waals surface area (Å²) in [5.74, 6) is -0.787. The Balaban J connectivity index is 2.17. The van der Waals surface area contributed by atoms with Crippen LogP contribution in [0.15, 0.2) is 48.5 Å². The molecule has 2 aromatic rings. The van der Waals surface area contributed by atoms with E-state index in [1.54, 1.807) is 36.4 Å². The Morgan fingerprint density at radius 1 is 1.06 bits per heavy atom. The zero-order valence-electron chi connectivity index (χ0n) is 9.11. The standard InChI is InChI=1S/C14H11FNO/c1-10-6-8-11(9-7-10)14(17)16-13-5-3-2-4-12(13)15/h2-9H,1H2,(H,16,17). The van der Waals surface area contributed by atoms with E-state index in [4.69, 9.17) is 0 Å². The van der Waals surface area contributed by atoms with E-state index >= 15 is 0 Å². The minimum absolute atomic E-state index is 0.177. The first-order valence-electron chi connectivity index (χ1n) is 5.15. The lowest BCUT2D eigenvalue weighted by Gasteiger charge is -2.06. The summed E-state index contributed by atoms with van der Waals surface area (Å²) >= 11 is 0. The van der Waals surface area contributed by atoms with Gasteiger partial charge in [0.05, 0.1) is 5.69 Å². The van der Waals surface area contributed by atoms with Crippen molar-refractivity contribution in [3.63, 3.8) is 0 Å². The zero-order chi connectivity index (χ0) is 12.3. The topological polar surface area (TPSA) is 29.1 Å². The van der Waals surface area contributed by atoms with E-state index in [-0.39, 0.29) is 11.6 Å². The molecule has 85 valence electrons. The predicted molar refractivity (Wildman–Crippen MR) is 65.3 cm³/mol. The molecule has 2 nitrogen and oxygen atoms in total. The molecule has 0 unspecified atom stereocenters. The summed E-state index contributed by atoms with van der Waals surface area (Å²) in [7, 11) is 0. The summed E-state index contributed by atoms with van der Waals surface area (Å²) in [6, 6.07) is 12.8. The second kappa shape index (κ2) is 4.78. The van der Waals surface area contributed by atoms with Crippen molar-refractivity contribution in [1.82, 2.24) is 0 Å². The summed E-state index contributed by atoms with van der Waals surface area (Å²) in [5.41, 5.74) is 1.48. The van der Waals surface area contributed by atoms with Crippen LogP contribution in [0.4, 0.5) is 10.1 Å². The lowest BCUT2D eigenvalue weighted by atomic mass is 10.1. The molecule has 0 heterocycles. The third-order valence-electron chi connectivity index (χ3n) is 2.34. The second-order valence-corrected chi connectivity index (χ2v) is 3.63. The van der Waals surface area contributed by atoms with Crippen molar-refractivity contribution in [2.24, 2.45) is 0 Å². The van der Waals surface area contributed by atoms with Crippen molar-refractivity contribution in [2.45, 2.75) is 0 Å². The smallest absolute Gasteiger partial charge is 0.255 e. The first kappa shape index (κ1) is 11.3. The number of carbonyl (C=O) groups is 1. The highest BCUT2D eigenvalue weighted by Gasteiger charge is 2.07. The van der Waals surface area contributed by atoms with E-state index in [0.717, 1.165) is 5.56 Å². The summed E-state index contributed by atoms with van der Waals surface area (Å²) in [6.07, 6.45) is 0. The number of amides is 1. The van der Waals surface area contributed by atoms with E-state index in [2.05, 4.69) is 12.2 Å². The summed E-state index contributed by atoms with van der Waals surface area (Å²) in [5, 5.41) is 2.51. The lowest BCUT2D eigenvalue weighted by Crippen LogP contribution is -2.12. The van der Waals surface area contributed by atoms with Gasteiger partial charge in [-0.05, 0) is 36.8 Å². The molecule has 0 aliphatic carbocycles. The molecule has 0 saturated carbocycles. The van der Waals surface area contributed by atoms with Gasteiger partial charge in [0, 0.05) is 5.56 Å². The van der Waals surface area contributed by atoms with Gasteiger partial charge in [-0.1, -0.05) is 24.3 Å². The van der Waals surface area contributed by atoms with Crippen LogP contribution in [-0.2, 0) is 0 Å². The largest absolute Gasteiger partial charge is 0.319 e. The molecular formula is C14H11FNO. The van der Waals surface area contributed by atoms with Gasteiger partial charge in [0.2, 0.25) is 0 Å². The number of rotatable bonds is 2. The van der Waals surface area contributed by atoms with Gasteiger partial charge >= 0.3 is 0 Å². The number of anilines is 1. The molecule has 0 aliphatic rings. The Kier molecular flexibility index (Phi) is 3.19. The maximum atomic E-state index is 13.3. The van der Waals surface area contributed by atoms with E-state index < -0.39 is 5.82 Å². The quantitative estimate of drug-likeness (QED) is 0.839. The average Bonchev–Trinajstić information content (AvgIpc) is 2.33. The van der Waals surface area contributed by atoms with Crippen LogP contribution in [0, 0.1) is 12.7 Å². The molecule has 1 amide bonds. The van der Waals surface area contributed by atoms with Gasteiger partial charge in [-0.15, -0.1) is 0 Å². The predicted octanol–water partition coefficient (Wildman–Crippen LogP) is 3.26. The normalized spacial score (nSPS) is 10.0. The van der Waals surface area contributed by atoms with Crippen LogP contribution in [0.25, 0.3) is 0 Å². The Bertz CT molecular complexity index is 534. The highest BCUT2D eigenvalue weighted by molar-refractivity contribution is 6.04.